The van der Waals surface area contributed by atoms with Gasteiger partial charge in [0.15, 0.2) is 0 Å². The molecule has 2 rings (SSSR count). The van der Waals surface area contributed by atoms with E-state index >= 15 is 0 Å². The zero-order valence-electron chi connectivity index (χ0n) is 12.2. The number of hydrogen-bond acceptors (Lipinski definition) is 4. The minimum absolute atomic E-state index is 0. The third-order valence-corrected chi connectivity index (χ3v) is 4.55. The van der Waals surface area contributed by atoms with E-state index in [0.717, 1.165) is 45.6 Å². The molecule has 2 fully saturated rings. The van der Waals surface area contributed by atoms with Gasteiger partial charge in [-0.1, -0.05) is 12.8 Å². The van der Waals surface area contributed by atoms with Crippen LogP contribution in [0.3, 0.4) is 0 Å². The van der Waals surface area contributed by atoms with Crippen LogP contribution in [0.2, 0.25) is 0 Å². The van der Waals surface area contributed by atoms with Gasteiger partial charge in [-0.3, -0.25) is 9.69 Å². The van der Waals surface area contributed by atoms with E-state index in [1.165, 1.54) is 12.8 Å². The molecule has 1 amide bonds. The molecule has 2 unspecified atom stereocenters. The summed E-state index contributed by atoms with van der Waals surface area (Å²) in [7, 11) is 0. The van der Waals surface area contributed by atoms with Crippen molar-refractivity contribution in [1.29, 1.82) is 0 Å². The van der Waals surface area contributed by atoms with Crippen molar-refractivity contribution >= 4 is 18.3 Å². The maximum atomic E-state index is 12.3. The van der Waals surface area contributed by atoms with Gasteiger partial charge in [-0.15, -0.1) is 12.4 Å². The molecule has 0 aromatic rings. The van der Waals surface area contributed by atoms with E-state index < -0.39 is 0 Å². The topological polar surface area (TPSA) is 69.8 Å². The van der Waals surface area contributed by atoms with Crippen molar-refractivity contribution in [3.05, 3.63) is 0 Å². The quantitative estimate of drug-likeness (QED) is 0.791. The Morgan fingerprint density at radius 3 is 2.40 bits per heavy atom. The molecule has 0 spiro atoms. The number of carbonyl (C=O) groups is 1. The second-order valence-electron chi connectivity index (χ2n) is 5.86. The number of halogens is 1. The minimum atomic E-state index is 0. The van der Waals surface area contributed by atoms with Crippen LogP contribution >= 0.6 is 12.4 Å². The van der Waals surface area contributed by atoms with Gasteiger partial charge in [-0.2, -0.15) is 0 Å². The van der Waals surface area contributed by atoms with Crippen molar-refractivity contribution in [2.45, 2.75) is 38.1 Å². The van der Waals surface area contributed by atoms with Crippen molar-refractivity contribution in [2.75, 3.05) is 39.3 Å². The number of hydrogen-bond donors (Lipinski definition) is 2. The highest BCUT2D eigenvalue weighted by atomic mass is 35.5. The van der Waals surface area contributed by atoms with Gasteiger partial charge in [0.2, 0.25) is 5.91 Å². The fourth-order valence-electron chi connectivity index (χ4n) is 3.21. The monoisotopic (exact) mass is 305 g/mol. The maximum Gasteiger partial charge on any atom is 0.222 e. The summed E-state index contributed by atoms with van der Waals surface area (Å²) in [5, 5.41) is 8.90. The van der Waals surface area contributed by atoms with Gasteiger partial charge in [-0.25, -0.2) is 0 Å². The normalized spacial score (nSPS) is 28.0. The Morgan fingerprint density at radius 1 is 1.15 bits per heavy atom. The molecule has 3 N–H and O–H groups in total. The standard InChI is InChI=1S/C14H27N3O2.ClH/c15-13-4-2-1-3-12(13)11-14(19)17-7-5-16(6-8-17)9-10-18;/h12-13,18H,1-11,15H2;1H. The molecule has 1 aliphatic heterocycles. The molecule has 2 aliphatic rings. The predicted octanol–water partition coefficient (Wildman–Crippen LogP) is 0.452. The SMILES string of the molecule is Cl.NC1CCCCC1CC(=O)N1CCN(CCO)CC1. The molecule has 1 aliphatic carbocycles. The fraction of sp³-hybridized carbons (Fsp3) is 0.929. The number of aliphatic hydroxyl groups excluding tert-OH is 1. The molecule has 1 heterocycles. The molecule has 5 nitrogen and oxygen atoms in total. The van der Waals surface area contributed by atoms with E-state index in [9.17, 15) is 4.79 Å². The van der Waals surface area contributed by atoms with E-state index in [0.29, 0.717) is 12.3 Å². The summed E-state index contributed by atoms with van der Waals surface area (Å²) >= 11 is 0. The van der Waals surface area contributed by atoms with Crippen molar-refractivity contribution in [1.82, 2.24) is 9.80 Å². The van der Waals surface area contributed by atoms with Crippen LogP contribution < -0.4 is 5.73 Å². The Labute approximate surface area is 127 Å². The number of nitrogens with zero attached hydrogens (tertiary/aromatic N) is 2. The lowest BCUT2D eigenvalue weighted by Crippen LogP contribution is -2.50. The maximum absolute atomic E-state index is 12.3. The number of nitrogens with two attached hydrogens (primary N) is 1. The average molecular weight is 306 g/mol. The fourth-order valence-corrected chi connectivity index (χ4v) is 3.21. The van der Waals surface area contributed by atoms with E-state index in [1.54, 1.807) is 0 Å². The average Bonchev–Trinajstić information content (AvgIpc) is 2.42. The third-order valence-electron chi connectivity index (χ3n) is 4.55. The summed E-state index contributed by atoms with van der Waals surface area (Å²) in [5.74, 6) is 0.655. The van der Waals surface area contributed by atoms with Crippen LogP contribution in [0, 0.1) is 5.92 Å². The van der Waals surface area contributed by atoms with E-state index in [2.05, 4.69) is 4.90 Å². The van der Waals surface area contributed by atoms with E-state index in [1.807, 2.05) is 4.90 Å². The van der Waals surface area contributed by atoms with E-state index in [-0.39, 0.29) is 31.0 Å². The van der Waals surface area contributed by atoms with Crippen molar-refractivity contribution in [3.8, 4) is 0 Å². The van der Waals surface area contributed by atoms with Crippen molar-refractivity contribution < 1.29 is 9.90 Å². The molecule has 0 aromatic carbocycles. The van der Waals surface area contributed by atoms with Crippen LogP contribution in [0.1, 0.15) is 32.1 Å². The first kappa shape index (κ1) is 17.7. The summed E-state index contributed by atoms with van der Waals surface area (Å²) in [6.07, 6.45) is 5.24. The summed E-state index contributed by atoms with van der Waals surface area (Å²) in [4.78, 5) is 16.5. The predicted molar refractivity (Wildman–Crippen MR) is 81.9 cm³/mol. The van der Waals surface area contributed by atoms with Crippen LogP contribution in [0.4, 0.5) is 0 Å². The summed E-state index contributed by atoms with van der Waals surface area (Å²) in [5.41, 5.74) is 6.11. The Hall–Kier alpha value is -0.360. The molecular weight excluding hydrogens is 278 g/mol. The first-order valence-corrected chi connectivity index (χ1v) is 7.57. The van der Waals surface area contributed by atoms with Gasteiger partial charge in [0.05, 0.1) is 6.61 Å². The number of β-amino-alcohol motifs (C(OH)–C–C–N with tert-alkyl or cyclic N) is 1. The van der Waals surface area contributed by atoms with Crippen LogP contribution in [0.5, 0.6) is 0 Å². The highest BCUT2D eigenvalue weighted by molar-refractivity contribution is 5.85. The zero-order valence-corrected chi connectivity index (χ0v) is 13.0. The van der Waals surface area contributed by atoms with Crippen LogP contribution in [0.25, 0.3) is 0 Å². The first-order chi connectivity index (χ1) is 9.20. The summed E-state index contributed by atoms with van der Waals surface area (Å²) in [6.45, 7) is 4.26. The van der Waals surface area contributed by atoms with Gasteiger partial charge >= 0.3 is 0 Å². The number of piperazine rings is 1. The van der Waals surface area contributed by atoms with Gasteiger partial charge in [0.1, 0.15) is 0 Å². The smallest absolute Gasteiger partial charge is 0.222 e. The first-order valence-electron chi connectivity index (χ1n) is 7.57. The summed E-state index contributed by atoms with van der Waals surface area (Å²) in [6, 6.07) is 0.216. The molecule has 0 bridgehead atoms. The van der Waals surface area contributed by atoms with Crippen LogP contribution in [0.15, 0.2) is 0 Å². The Kier molecular flexibility index (Phi) is 7.80. The van der Waals surface area contributed by atoms with Gasteiger partial charge < -0.3 is 15.7 Å². The number of amides is 1. The van der Waals surface area contributed by atoms with Crippen molar-refractivity contribution in [2.24, 2.45) is 11.7 Å². The summed E-state index contributed by atoms with van der Waals surface area (Å²) < 4.78 is 0. The Morgan fingerprint density at radius 2 is 1.80 bits per heavy atom. The minimum Gasteiger partial charge on any atom is -0.395 e. The molecule has 1 saturated carbocycles. The highest BCUT2D eigenvalue weighted by Gasteiger charge is 2.27. The lowest BCUT2D eigenvalue weighted by atomic mass is 9.82. The van der Waals surface area contributed by atoms with Crippen LogP contribution in [-0.2, 0) is 4.79 Å². The molecule has 2 atom stereocenters. The molecule has 1 saturated heterocycles. The lowest BCUT2D eigenvalue weighted by Gasteiger charge is -2.36. The van der Waals surface area contributed by atoms with Crippen molar-refractivity contribution in [3.63, 3.8) is 0 Å². The largest absolute Gasteiger partial charge is 0.395 e. The molecular formula is C14H28ClN3O2. The van der Waals surface area contributed by atoms with Gasteiger partial charge in [-0.05, 0) is 18.8 Å². The molecule has 0 aromatic heterocycles. The molecule has 118 valence electrons. The third kappa shape index (κ3) is 4.88. The van der Waals surface area contributed by atoms with E-state index in [4.69, 9.17) is 10.8 Å². The lowest BCUT2D eigenvalue weighted by molar-refractivity contribution is -0.134. The number of aliphatic hydroxyl groups is 1. The van der Waals surface area contributed by atoms with Crippen LogP contribution in [-0.4, -0.2) is 66.2 Å². The van der Waals surface area contributed by atoms with Gasteiger partial charge in [0.25, 0.3) is 0 Å². The highest BCUT2D eigenvalue weighted by Crippen LogP contribution is 2.26. The Balaban J connectivity index is 0.00000200. The Bertz CT molecular complexity index is 296. The number of carbonyl (C=O) groups excluding carboxylic acids is 1. The molecule has 0 radical (unpaired) electrons. The second kappa shape index (κ2) is 8.82. The zero-order chi connectivity index (χ0) is 13.7. The molecule has 20 heavy (non-hydrogen) atoms. The number of rotatable bonds is 4. The second-order valence-corrected chi connectivity index (χ2v) is 5.86. The molecule has 6 heteroatoms. The van der Waals surface area contributed by atoms with Gasteiger partial charge in [0, 0.05) is 45.2 Å².